The zero-order valence-corrected chi connectivity index (χ0v) is 15.8. The molecule has 0 bridgehead atoms. The average molecular weight is 389 g/mol. The van der Waals surface area contributed by atoms with Crippen molar-refractivity contribution in [2.45, 2.75) is 40.2 Å². The molecule has 2 aromatic rings. The lowest BCUT2D eigenvalue weighted by molar-refractivity contribution is -0.294. The predicted octanol–water partition coefficient (Wildman–Crippen LogP) is 2.37. The predicted molar refractivity (Wildman–Crippen MR) is 94.6 cm³/mol. The number of pyridine rings is 1. The number of aryl methyl sites for hydroxylation is 1. The molecule has 0 aromatic carbocycles. The lowest BCUT2D eigenvalue weighted by Gasteiger charge is -2.38. The maximum Gasteiger partial charge on any atom is 0.421 e. The quantitative estimate of drug-likeness (QED) is 0.457. The van der Waals surface area contributed by atoms with Crippen molar-refractivity contribution in [1.29, 1.82) is 0 Å². The van der Waals surface area contributed by atoms with Gasteiger partial charge in [-0.2, -0.15) is 4.98 Å². The average Bonchev–Trinajstić information content (AvgIpc) is 2.59. The number of aromatic nitrogens is 3. The molecular formula is C16H22ClFN4O4. The van der Waals surface area contributed by atoms with Gasteiger partial charge in [-0.05, 0) is 31.9 Å². The molecule has 10 heteroatoms. The summed E-state index contributed by atoms with van der Waals surface area (Å²) in [5.41, 5.74) is -0.0865. The smallest absolute Gasteiger partial charge is 0.403 e. The third-order valence-electron chi connectivity index (χ3n) is 3.59. The van der Waals surface area contributed by atoms with Gasteiger partial charge in [0.05, 0.1) is 5.69 Å². The Kier molecular flexibility index (Phi) is 6.51. The molecule has 2 aromatic heterocycles. The SMILES string of the molecule is CC.CCOCCCN1c2nc(Cl)nc3c(F)c(C)nc(c23)OC1(O)O. The van der Waals surface area contributed by atoms with Crippen LogP contribution < -0.4 is 9.64 Å². The molecule has 0 atom stereocenters. The van der Waals surface area contributed by atoms with Gasteiger partial charge in [-0.1, -0.05) is 13.8 Å². The van der Waals surface area contributed by atoms with Crippen LogP contribution in [-0.2, 0) is 4.74 Å². The number of aliphatic hydroxyl groups is 2. The molecule has 2 N–H and O–H groups in total. The summed E-state index contributed by atoms with van der Waals surface area (Å²) in [6.07, 6.45) is -2.23. The van der Waals surface area contributed by atoms with E-state index in [4.69, 9.17) is 21.1 Å². The molecule has 0 fully saturated rings. The number of ether oxygens (including phenoxy) is 2. The lowest BCUT2D eigenvalue weighted by atomic mass is 10.2. The summed E-state index contributed by atoms with van der Waals surface area (Å²) < 4.78 is 24.7. The van der Waals surface area contributed by atoms with Gasteiger partial charge in [-0.25, -0.2) is 14.4 Å². The van der Waals surface area contributed by atoms with E-state index < -0.39 is 11.9 Å². The lowest BCUT2D eigenvalue weighted by Crippen LogP contribution is -2.56. The number of nitrogens with zero attached hydrogens (tertiary/aromatic N) is 4. The van der Waals surface area contributed by atoms with E-state index in [9.17, 15) is 14.6 Å². The summed E-state index contributed by atoms with van der Waals surface area (Å²) in [7, 11) is 0. The number of hydrogen-bond donors (Lipinski definition) is 2. The number of rotatable bonds is 5. The summed E-state index contributed by atoms with van der Waals surface area (Å²) >= 11 is 5.88. The molecule has 144 valence electrons. The highest BCUT2D eigenvalue weighted by Gasteiger charge is 2.43. The fraction of sp³-hybridized carbons (Fsp3) is 0.562. The maximum absolute atomic E-state index is 14.3. The van der Waals surface area contributed by atoms with E-state index in [0.29, 0.717) is 19.6 Å². The highest BCUT2D eigenvalue weighted by Crippen LogP contribution is 2.41. The third-order valence-corrected chi connectivity index (χ3v) is 3.76. The Morgan fingerprint density at radius 1 is 1.27 bits per heavy atom. The molecule has 0 radical (unpaired) electrons. The fourth-order valence-electron chi connectivity index (χ4n) is 2.52. The highest BCUT2D eigenvalue weighted by molar-refractivity contribution is 6.29. The molecule has 8 nitrogen and oxygen atoms in total. The maximum atomic E-state index is 14.3. The molecule has 1 aliphatic rings. The van der Waals surface area contributed by atoms with Gasteiger partial charge >= 0.3 is 6.10 Å². The first-order valence-corrected chi connectivity index (χ1v) is 8.75. The standard InChI is InChI=1S/C14H16ClFN4O4.C2H6/c1-3-23-6-4-5-20-11-8-10(18-13(15)19-11)9(16)7(2)17-12(8)24-14(20,21)22;1-2/h21-22H,3-6H2,1-2H3;1-2H3. The van der Waals surface area contributed by atoms with Crippen LogP contribution in [0.15, 0.2) is 0 Å². The Labute approximate surface area is 155 Å². The van der Waals surface area contributed by atoms with E-state index in [1.165, 1.54) is 6.92 Å². The molecule has 0 saturated carbocycles. The van der Waals surface area contributed by atoms with E-state index in [0.717, 1.165) is 4.90 Å². The van der Waals surface area contributed by atoms with Crippen LogP contribution in [0.2, 0.25) is 5.28 Å². The largest absolute Gasteiger partial charge is 0.421 e. The molecule has 0 aliphatic carbocycles. The second kappa shape index (κ2) is 8.26. The van der Waals surface area contributed by atoms with Gasteiger partial charge in [0.25, 0.3) is 0 Å². The van der Waals surface area contributed by atoms with Crippen molar-refractivity contribution in [1.82, 2.24) is 15.0 Å². The minimum absolute atomic E-state index is 0.00110. The Morgan fingerprint density at radius 3 is 2.62 bits per heavy atom. The van der Waals surface area contributed by atoms with Crippen LogP contribution in [0.1, 0.15) is 32.9 Å². The van der Waals surface area contributed by atoms with Crippen molar-refractivity contribution >= 4 is 28.3 Å². The van der Waals surface area contributed by atoms with Gasteiger partial charge in [-0.15, -0.1) is 0 Å². The van der Waals surface area contributed by atoms with Crippen LogP contribution in [-0.4, -0.2) is 51.0 Å². The number of halogens is 2. The second-order valence-corrected chi connectivity index (χ2v) is 5.57. The van der Waals surface area contributed by atoms with Crippen molar-refractivity contribution in [2.24, 2.45) is 0 Å². The Balaban J connectivity index is 0.00000117. The van der Waals surface area contributed by atoms with Crippen LogP contribution in [0.25, 0.3) is 10.9 Å². The number of anilines is 1. The van der Waals surface area contributed by atoms with Crippen molar-refractivity contribution in [3.63, 3.8) is 0 Å². The zero-order chi connectivity index (χ0) is 19.5. The van der Waals surface area contributed by atoms with Crippen molar-refractivity contribution in [3.8, 4) is 5.88 Å². The van der Waals surface area contributed by atoms with Crippen LogP contribution in [0.5, 0.6) is 5.88 Å². The van der Waals surface area contributed by atoms with Gasteiger partial charge in [-0.3, -0.25) is 4.90 Å². The van der Waals surface area contributed by atoms with E-state index in [-0.39, 0.29) is 40.1 Å². The third kappa shape index (κ3) is 3.80. The Morgan fingerprint density at radius 2 is 1.96 bits per heavy atom. The normalized spacial score (nSPS) is 14.7. The molecule has 0 amide bonds. The molecule has 0 saturated heterocycles. The number of hydrogen-bond acceptors (Lipinski definition) is 8. The fourth-order valence-corrected chi connectivity index (χ4v) is 2.68. The summed E-state index contributed by atoms with van der Waals surface area (Å²) in [6.45, 7) is 8.34. The summed E-state index contributed by atoms with van der Waals surface area (Å²) in [6, 6.07) is 0. The van der Waals surface area contributed by atoms with Gasteiger partial charge < -0.3 is 19.7 Å². The topological polar surface area (TPSA) is 101 Å². The molecule has 0 spiro atoms. The Bertz CT molecular complexity index is 791. The highest BCUT2D eigenvalue weighted by atomic mass is 35.5. The van der Waals surface area contributed by atoms with Gasteiger partial charge in [0.1, 0.15) is 10.9 Å². The van der Waals surface area contributed by atoms with E-state index in [2.05, 4.69) is 15.0 Å². The van der Waals surface area contributed by atoms with Crippen molar-refractivity contribution < 1.29 is 24.1 Å². The zero-order valence-electron chi connectivity index (χ0n) is 15.1. The molecule has 26 heavy (non-hydrogen) atoms. The summed E-state index contributed by atoms with van der Waals surface area (Å²) in [4.78, 5) is 12.9. The second-order valence-electron chi connectivity index (χ2n) is 5.23. The van der Waals surface area contributed by atoms with E-state index >= 15 is 0 Å². The van der Waals surface area contributed by atoms with Gasteiger partial charge in [0.15, 0.2) is 11.6 Å². The first-order valence-electron chi connectivity index (χ1n) is 8.37. The van der Waals surface area contributed by atoms with Gasteiger partial charge in [0.2, 0.25) is 11.2 Å². The summed E-state index contributed by atoms with van der Waals surface area (Å²) in [5.74, 6) is -0.790. The van der Waals surface area contributed by atoms with Crippen LogP contribution in [0.3, 0.4) is 0 Å². The van der Waals surface area contributed by atoms with Crippen LogP contribution >= 0.6 is 11.6 Å². The molecule has 0 unspecified atom stereocenters. The summed E-state index contributed by atoms with van der Waals surface area (Å²) in [5, 5.41) is 20.4. The van der Waals surface area contributed by atoms with E-state index in [1.807, 2.05) is 20.8 Å². The monoisotopic (exact) mass is 388 g/mol. The molecule has 1 aliphatic heterocycles. The van der Waals surface area contributed by atoms with Crippen molar-refractivity contribution in [3.05, 3.63) is 16.8 Å². The molecule has 3 heterocycles. The Hall–Kier alpha value is -1.81. The van der Waals surface area contributed by atoms with Crippen molar-refractivity contribution in [2.75, 3.05) is 24.7 Å². The molecular weight excluding hydrogens is 367 g/mol. The van der Waals surface area contributed by atoms with Crippen LogP contribution in [0.4, 0.5) is 10.2 Å². The van der Waals surface area contributed by atoms with Crippen LogP contribution in [0, 0.1) is 12.7 Å². The van der Waals surface area contributed by atoms with Gasteiger partial charge in [0, 0.05) is 19.8 Å². The van der Waals surface area contributed by atoms with E-state index in [1.54, 1.807) is 0 Å². The first-order chi connectivity index (χ1) is 12.3. The first kappa shape index (κ1) is 20.5. The minimum atomic E-state index is -2.69. The minimum Gasteiger partial charge on any atom is -0.403 e. The molecule has 3 rings (SSSR count).